The molecule has 1 aromatic heterocycles. The van der Waals surface area contributed by atoms with Crippen molar-refractivity contribution in [2.75, 3.05) is 40.0 Å². The molecule has 4 rings (SSSR count). The molecule has 10 heteroatoms. The average molecular weight is 488 g/mol. The number of rotatable bonds is 6. The predicted octanol–water partition coefficient (Wildman–Crippen LogP) is 1.71. The zero-order valence-corrected chi connectivity index (χ0v) is 20.9. The fourth-order valence-electron chi connectivity index (χ4n) is 4.56. The molecule has 1 amide bonds. The van der Waals surface area contributed by atoms with Crippen LogP contribution in [0.4, 0.5) is 0 Å². The van der Waals surface area contributed by atoms with Gasteiger partial charge in [-0.2, -0.15) is 0 Å². The van der Waals surface area contributed by atoms with Crippen molar-refractivity contribution in [3.8, 4) is 11.5 Å². The van der Waals surface area contributed by atoms with E-state index in [2.05, 4.69) is 35.2 Å². The molecule has 0 saturated carbocycles. The first-order chi connectivity index (χ1) is 16.9. The van der Waals surface area contributed by atoms with E-state index in [4.69, 9.17) is 14.2 Å². The molecular formula is C25H37N5O5. The van der Waals surface area contributed by atoms with Gasteiger partial charge in [-0.05, 0) is 38.1 Å². The summed E-state index contributed by atoms with van der Waals surface area (Å²) in [4.78, 5) is 17.0. The number of carbonyl (C=O) groups is 1. The van der Waals surface area contributed by atoms with Gasteiger partial charge in [-0.15, -0.1) is 5.10 Å². The minimum absolute atomic E-state index is 0.0429. The number of carbonyl (C=O) groups excluding carboxylic acids is 1. The highest BCUT2D eigenvalue weighted by Gasteiger charge is 2.28. The third-order valence-corrected chi connectivity index (χ3v) is 6.60. The quantitative estimate of drug-likeness (QED) is 0.657. The summed E-state index contributed by atoms with van der Waals surface area (Å²) >= 11 is 0. The van der Waals surface area contributed by atoms with Crippen molar-refractivity contribution in [2.45, 2.75) is 58.5 Å². The van der Waals surface area contributed by atoms with Crippen LogP contribution in [0, 0.1) is 5.92 Å². The number of fused-ring (bicyclic) bond motifs is 3. The largest absolute Gasteiger partial charge is 0.486 e. The molecule has 0 unspecified atom stereocenters. The van der Waals surface area contributed by atoms with E-state index in [-0.39, 0.29) is 30.6 Å². The molecule has 2 bridgehead atoms. The third-order valence-electron chi connectivity index (χ3n) is 6.60. The van der Waals surface area contributed by atoms with E-state index >= 15 is 0 Å². The summed E-state index contributed by atoms with van der Waals surface area (Å²) in [6.45, 7) is 7.94. The van der Waals surface area contributed by atoms with Crippen LogP contribution >= 0.6 is 0 Å². The number of hydrogen-bond donors (Lipinski definition) is 1. The lowest BCUT2D eigenvalue weighted by Gasteiger charge is -2.35. The zero-order valence-electron chi connectivity index (χ0n) is 20.9. The molecule has 3 atom stereocenters. The van der Waals surface area contributed by atoms with Crippen molar-refractivity contribution >= 4 is 5.91 Å². The van der Waals surface area contributed by atoms with Crippen LogP contribution in [0.15, 0.2) is 24.4 Å². The first kappa shape index (κ1) is 25.4. The molecule has 1 aromatic carbocycles. The molecular weight excluding hydrogens is 450 g/mol. The van der Waals surface area contributed by atoms with E-state index in [0.29, 0.717) is 52.3 Å². The van der Waals surface area contributed by atoms with Gasteiger partial charge in [-0.25, -0.2) is 0 Å². The van der Waals surface area contributed by atoms with E-state index in [9.17, 15) is 9.90 Å². The van der Waals surface area contributed by atoms with Crippen LogP contribution in [0.3, 0.4) is 0 Å². The highest BCUT2D eigenvalue weighted by atomic mass is 16.6. The second-order valence-electron chi connectivity index (χ2n) is 9.66. The van der Waals surface area contributed by atoms with Gasteiger partial charge in [0.05, 0.1) is 31.6 Å². The van der Waals surface area contributed by atoms with Crippen molar-refractivity contribution in [3.05, 3.63) is 35.7 Å². The lowest BCUT2D eigenvalue weighted by atomic mass is 10.0. The summed E-state index contributed by atoms with van der Waals surface area (Å²) in [5, 5.41) is 18.2. The summed E-state index contributed by atoms with van der Waals surface area (Å²) < 4.78 is 19.5. The van der Waals surface area contributed by atoms with Gasteiger partial charge in [0.2, 0.25) is 5.91 Å². The maximum atomic E-state index is 13.0. The molecule has 1 N–H and O–H groups in total. The van der Waals surface area contributed by atoms with Crippen LogP contribution in [0.5, 0.6) is 11.5 Å². The molecule has 35 heavy (non-hydrogen) atoms. The van der Waals surface area contributed by atoms with Gasteiger partial charge in [-0.3, -0.25) is 14.4 Å². The fraction of sp³-hybridized carbons (Fsp3) is 0.640. The van der Waals surface area contributed by atoms with Crippen molar-refractivity contribution in [2.24, 2.45) is 5.92 Å². The van der Waals surface area contributed by atoms with Crippen LogP contribution < -0.4 is 9.47 Å². The Morgan fingerprint density at radius 2 is 2.06 bits per heavy atom. The Hall–Kier alpha value is -2.69. The molecule has 0 aliphatic carbocycles. The number of aromatic nitrogens is 3. The summed E-state index contributed by atoms with van der Waals surface area (Å²) in [7, 11) is 2.06. The van der Waals surface area contributed by atoms with Crippen LogP contribution in [0.1, 0.15) is 37.9 Å². The van der Waals surface area contributed by atoms with Crippen molar-refractivity contribution in [1.82, 2.24) is 24.8 Å². The monoisotopic (exact) mass is 487 g/mol. The van der Waals surface area contributed by atoms with Gasteiger partial charge in [0.25, 0.3) is 0 Å². The summed E-state index contributed by atoms with van der Waals surface area (Å²) in [5.41, 5.74) is 1.91. The first-order valence-corrected chi connectivity index (χ1v) is 12.4. The minimum Gasteiger partial charge on any atom is -0.486 e. The molecule has 0 saturated heterocycles. The number of hydrogen-bond acceptors (Lipinski definition) is 8. The Kier molecular flexibility index (Phi) is 8.59. The van der Waals surface area contributed by atoms with Gasteiger partial charge < -0.3 is 24.2 Å². The van der Waals surface area contributed by atoms with E-state index in [1.165, 1.54) is 0 Å². The Morgan fingerprint density at radius 1 is 1.26 bits per heavy atom. The molecule has 0 spiro atoms. The Balaban J connectivity index is 1.47. The van der Waals surface area contributed by atoms with Crippen LogP contribution in [0.2, 0.25) is 0 Å². The average Bonchev–Trinajstić information content (AvgIpc) is 3.31. The normalized spacial score (nSPS) is 22.3. The van der Waals surface area contributed by atoms with Gasteiger partial charge in [-0.1, -0.05) is 18.2 Å². The van der Waals surface area contributed by atoms with Crippen LogP contribution in [-0.2, 0) is 29.2 Å². The number of amides is 1. The molecule has 2 aliphatic rings. The molecule has 2 aliphatic heterocycles. The summed E-state index contributed by atoms with van der Waals surface area (Å²) in [5.74, 6) is 1.66. The van der Waals surface area contributed by atoms with Gasteiger partial charge in [0, 0.05) is 38.5 Å². The van der Waals surface area contributed by atoms with E-state index in [0.717, 1.165) is 29.3 Å². The number of aliphatic hydroxyl groups excluding tert-OH is 1. The Labute approximate surface area is 206 Å². The minimum atomic E-state index is -0.247. The first-order valence-electron chi connectivity index (χ1n) is 12.4. The Bertz CT molecular complexity index is 983. The molecule has 10 nitrogen and oxygen atoms in total. The third kappa shape index (κ3) is 6.71. The fourth-order valence-corrected chi connectivity index (χ4v) is 4.56. The number of benzene rings is 1. The standard InChI is InChI=1S/C25H37N5O5/c1-18-12-30(19(2)16-31)25(32)5-4-8-29-14-21(26-27-29)17-35-24(18)15-28(3)13-20-6-7-22-23(11-20)34-10-9-33-22/h6-7,11,14,18-19,24,31H,4-5,8-10,12-13,15-17H2,1-3H3/t18-,19+,24-/m1/s1. The number of aliphatic hydroxyl groups is 1. The van der Waals surface area contributed by atoms with Crippen molar-refractivity contribution < 1.29 is 24.1 Å². The second-order valence-corrected chi connectivity index (χ2v) is 9.66. The van der Waals surface area contributed by atoms with Gasteiger partial charge in [0.1, 0.15) is 18.9 Å². The molecule has 192 valence electrons. The van der Waals surface area contributed by atoms with Gasteiger partial charge >= 0.3 is 0 Å². The number of likely N-dealkylation sites (N-methyl/N-ethyl adjacent to an activating group) is 1. The number of aryl methyl sites for hydroxylation is 1. The maximum absolute atomic E-state index is 13.0. The van der Waals surface area contributed by atoms with E-state index in [1.54, 1.807) is 9.58 Å². The lowest BCUT2D eigenvalue weighted by Crippen LogP contribution is -2.47. The Morgan fingerprint density at radius 3 is 2.86 bits per heavy atom. The lowest BCUT2D eigenvalue weighted by molar-refractivity contribution is -0.136. The van der Waals surface area contributed by atoms with E-state index in [1.807, 2.05) is 25.3 Å². The highest BCUT2D eigenvalue weighted by Crippen LogP contribution is 2.31. The maximum Gasteiger partial charge on any atom is 0.222 e. The van der Waals surface area contributed by atoms with E-state index < -0.39 is 0 Å². The molecule has 2 aromatic rings. The summed E-state index contributed by atoms with van der Waals surface area (Å²) in [6.07, 6.45) is 2.82. The smallest absolute Gasteiger partial charge is 0.222 e. The van der Waals surface area contributed by atoms with Crippen molar-refractivity contribution in [3.63, 3.8) is 0 Å². The SMILES string of the molecule is C[C@@H]1CN([C@@H](C)CO)C(=O)CCCn2cc(nn2)CO[C@@H]1CN(C)Cc1ccc2c(c1)OCCO2. The van der Waals surface area contributed by atoms with Crippen LogP contribution in [0.25, 0.3) is 0 Å². The van der Waals surface area contributed by atoms with Crippen LogP contribution in [-0.4, -0.2) is 87.9 Å². The molecule has 0 radical (unpaired) electrons. The highest BCUT2D eigenvalue weighted by molar-refractivity contribution is 5.76. The number of ether oxygens (including phenoxy) is 3. The van der Waals surface area contributed by atoms with Gasteiger partial charge in [0.15, 0.2) is 11.5 Å². The molecule has 0 fully saturated rings. The van der Waals surface area contributed by atoms with Crippen molar-refractivity contribution in [1.29, 1.82) is 0 Å². The molecule has 3 heterocycles. The second kappa shape index (κ2) is 11.8. The predicted molar refractivity (Wildman–Crippen MR) is 129 cm³/mol. The topological polar surface area (TPSA) is 102 Å². The number of nitrogens with zero attached hydrogens (tertiary/aromatic N) is 5. The zero-order chi connectivity index (χ0) is 24.8. The summed E-state index contributed by atoms with van der Waals surface area (Å²) in [6, 6.07) is 5.80.